The van der Waals surface area contributed by atoms with Crippen molar-refractivity contribution in [3.8, 4) is 0 Å². The summed E-state index contributed by atoms with van der Waals surface area (Å²) >= 11 is 0. The Hall–Kier alpha value is -1.44. The van der Waals surface area contributed by atoms with Crippen molar-refractivity contribution >= 4 is 5.91 Å². The molecular formula is C13H23N5O2. The topological polar surface area (TPSA) is 82.3 Å². The van der Waals surface area contributed by atoms with Gasteiger partial charge in [0.25, 0.3) is 0 Å². The Morgan fingerprint density at radius 3 is 3.25 bits per heavy atom. The Balaban J connectivity index is 1.68. The van der Waals surface area contributed by atoms with E-state index >= 15 is 0 Å². The zero-order chi connectivity index (χ0) is 14.4. The molecule has 1 aromatic heterocycles. The molecule has 20 heavy (non-hydrogen) atoms. The van der Waals surface area contributed by atoms with E-state index in [-0.39, 0.29) is 11.9 Å². The van der Waals surface area contributed by atoms with Gasteiger partial charge in [-0.1, -0.05) is 0 Å². The summed E-state index contributed by atoms with van der Waals surface area (Å²) in [5.41, 5.74) is 2.06. The second kappa shape index (κ2) is 7.37. The summed E-state index contributed by atoms with van der Waals surface area (Å²) in [7, 11) is 3.70. The SMILES string of the molecule is COCCN(C)CCNC(=O)C1Cc2nc[nH]c2CN1. The van der Waals surface area contributed by atoms with Crippen molar-refractivity contribution in [2.24, 2.45) is 0 Å². The maximum Gasteiger partial charge on any atom is 0.237 e. The Bertz CT molecular complexity index is 434. The van der Waals surface area contributed by atoms with Crippen LogP contribution in [0.4, 0.5) is 0 Å². The average molecular weight is 281 g/mol. The van der Waals surface area contributed by atoms with Crippen LogP contribution in [0.25, 0.3) is 0 Å². The predicted molar refractivity (Wildman–Crippen MR) is 75.3 cm³/mol. The van der Waals surface area contributed by atoms with Crippen molar-refractivity contribution in [3.05, 3.63) is 17.7 Å². The highest BCUT2D eigenvalue weighted by molar-refractivity contribution is 5.82. The highest BCUT2D eigenvalue weighted by Crippen LogP contribution is 2.11. The third-order valence-corrected chi connectivity index (χ3v) is 3.52. The fourth-order valence-electron chi connectivity index (χ4n) is 2.21. The number of amides is 1. The minimum atomic E-state index is -0.185. The van der Waals surface area contributed by atoms with Gasteiger partial charge >= 0.3 is 0 Å². The molecule has 0 aromatic carbocycles. The van der Waals surface area contributed by atoms with Crippen LogP contribution >= 0.6 is 0 Å². The first-order chi connectivity index (χ1) is 9.70. The van der Waals surface area contributed by atoms with Gasteiger partial charge in [-0.2, -0.15) is 0 Å². The number of aromatic nitrogens is 2. The van der Waals surface area contributed by atoms with Gasteiger partial charge < -0.3 is 19.9 Å². The molecule has 0 saturated heterocycles. The molecule has 2 heterocycles. The summed E-state index contributed by atoms with van der Waals surface area (Å²) < 4.78 is 5.01. The maximum absolute atomic E-state index is 12.1. The molecule has 1 aromatic rings. The number of nitrogens with one attached hydrogen (secondary N) is 3. The van der Waals surface area contributed by atoms with Crippen LogP contribution < -0.4 is 10.6 Å². The Morgan fingerprint density at radius 1 is 1.60 bits per heavy atom. The number of rotatable bonds is 7. The van der Waals surface area contributed by atoms with Crippen LogP contribution in [0.1, 0.15) is 11.4 Å². The number of hydrogen-bond donors (Lipinski definition) is 3. The molecule has 0 radical (unpaired) electrons. The number of imidazole rings is 1. The molecule has 1 atom stereocenters. The van der Waals surface area contributed by atoms with E-state index in [2.05, 4.69) is 25.5 Å². The van der Waals surface area contributed by atoms with Crippen LogP contribution in [0, 0.1) is 0 Å². The predicted octanol–water partition coefficient (Wildman–Crippen LogP) is -0.882. The molecule has 7 nitrogen and oxygen atoms in total. The molecule has 0 bridgehead atoms. The number of likely N-dealkylation sites (N-methyl/N-ethyl adjacent to an activating group) is 1. The fraction of sp³-hybridized carbons (Fsp3) is 0.692. The molecule has 0 spiro atoms. The van der Waals surface area contributed by atoms with Crippen molar-refractivity contribution in [2.75, 3.05) is 40.4 Å². The third kappa shape index (κ3) is 4.03. The first-order valence-corrected chi connectivity index (χ1v) is 6.90. The molecule has 0 aliphatic carbocycles. The number of H-pyrrole nitrogens is 1. The normalized spacial score (nSPS) is 18.1. The minimum absolute atomic E-state index is 0.0405. The average Bonchev–Trinajstić information content (AvgIpc) is 2.92. The van der Waals surface area contributed by atoms with E-state index in [4.69, 9.17) is 4.74 Å². The maximum atomic E-state index is 12.1. The van der Waals surface area contributed by atoms with Gasteiger partial charge in [-0.25, -0.2) is 4.98 Å². The Morgan fingerprint density at radius 2 is 2.45 bits per heavy atom. The summed E-state index contributed by atoms with van der Waals surface area (Å²) in [5, 5.41) is 6.18. The molecular weight excluding hydrogens is 258 g/mol. The van der Waals surface area contributed by atoms with Crippen LogP contribution in [-0.2, 0) is 22.5 Å². The van der Waals surface area contributed by atoms with Crippen LogP contribution in [0.2, 0.25) is 0 Å². The van der Waals surface area contributed by atoms with Gasteiger partial charge in [-0.3, -0.25) is 10.1 Å². The summed E-state index contributed by atoms with van der Waals surface area (Å²) in [5.74, 6) is 0.0405. The number of hydrogen-bond acceptors (Lipinski definition) is 5. The monoisotopic (exact) mass is 281 g/mol. The largest absolute Gasteiger partial charge is 0.383 e. The molecule has 1 unspecified atom stereocenters. The van der Waals surface area contributed by atoms with Crippen molar-refractivity contribution in [3.63, 3.8) is 0 Å². The zero-order valence-electron chi connectivity index (χ0n) is 12.1. The lowest BCUT2D eigenvalue weighted by molar-refractivity contribution is -0.123. The summed E-state index contributed by atoms with van der Waals surface area (Å²) in [6.07, 6.45) is 2.32. The van der Waals surface area contributed by atoms with E-state index in [1.54, 1.807) is 13.4 Å². The zero-order valence-corrected chi connectivity index (χ0v) is 12.1. The van der Waals surface area contributed by atoms with Crippen molar-refractivity contribution in [2.45, 2.75) is 19.0 Å². The highest BCUT2D eigenvalue weighted by Gasteiger charge is 2.25. The van der Waals surface area contributed by atoms with Crippen molar-refractivity contribution in [1.29, 1.82) is 0 Å². The first kappa shape index (κ1) is 15.0. The molecule has 1 aliphatic heterocycles. The van der Waals surface area contributed by atoms with Crippen LogP contribution in [0.5, 0.6) is 0 Å². The van der Waals surface area contributed by atoms with Crippen molar-refractivity contribution < 1.29 is 9.53 Å². The number of fused-ring (bicyclic) bond motifs is 1. The quantitative estimate of drug-likeness (QED) is 0.604. The number of methoxy groups -OCH3 is 1. The van der Waals surface area contributed by atoms with Gasteiger partial charge in [0.1, 0.15) is 0 Å². The van der Waals surface area contributed by atoms with E-state index in [0.717, 1.165) is 24.5 Å². The molecule has 0 saturated carbocycles. The van der Waals surface area contributed by atoms with Crippen molar-refractivity contribution in [1.82, 2.24) is 25.5 Å². The molecule has 3 N–H and O–H groups in total. The summed E-state index contributed by atoms with van der Waals surface area (Å²) in [6.45, 7) is 3.70. The van der Waals surface area contributed by atoms with Crippen LogP contribution in [0.15, 0.2) is 6.33 Å². The van der Waals surface area contributed by atoms with E-state index in [1.165, 1.54) is 0 Å². The minimum Gasteiger partial charge on any atom is -0.383 e. The Labute approximate surface area is 119 Å². The summed E-state index contributed by atoms with van der Waals surface area (Å²) in [4.78, 5) is 21.5. The van der Waals surface area contributed by atoms with E-state index in [0.29, 0.717) is 26.1 Å². The number of aromatic amines is 1. The smallest absolute Gasteiger partial charge is 0.237 e. The van der Waals surface area contributed by atoms with Crippen LogP contribution in [0.3, 0.4) is 0 Å². The van der Waals surface area contributed by atoms with Gasteiger partial charge in [0, 0.05) is 39.7 Å². The molecule has 2 rings (SSSR count). The second-order valence-electron chi connectivity index (χ2n) is 5.05. The van der Waals surface area contributed by atoms with Gasteiger partial charge in [-0.15, -0.1) is 0 Å². The first-order valence-electron chi connectivity index (χ1n) is 6.90. The number of nitrogens with zero attached hydrogens (tertiary/aromatic N) is 2. The number of carbonyl (C=O) groups excluding carboxylic acids is 1. The lowest BCUT2D eigenvalue weighted by Crippen LogP contribution is -2.49. The van der Waals surface area contributed by atoms with Gasteiger partial charge in [-0.05, 0) is 7.05 Å². The third-order valence-electron chi connectivity index (χ3n) is 3.52. The summed E-state index contributed by atoms with van der Waals surface area (Å²) in [6, 6.07) is -0.185. The van der Waals surface area contributed by atoms with Gasteiger partial charge in [0.2, 0.25) is 5.91 Å². The lowest BCUT2D eigenvalue weighted by Gasteiger charge is -2.23. The second-order valence-corrected chi connectivity index (χ2v) is 5.05. The van der Waals surface area contributed by atoms with Gasteiger partial charge in [0.05, 0.1) is 30.4 Å². The van der Waals surface area contributed by atoms with Crippen LogP contribution in [-0.4, -0.2) is 67.2 Å². The standard InChI is InChI=1S/C13H23N5O2/c1-18(5-6-20-2)4-3-14-13(19)11-7-10-12(8-15-11)17-9-16-10/h9,11,15H,3-8H2,1-2H3,(H,14,19)(H,16,17). The molecule has 0 fully saturated rings. The van der Waals surface area contributed by atoms with E-state index in [9.17, 15) is 4.79 Å². The molecule has 112 valence electrons. The number of ether oxygens (including phenoxy) is 1. The molecule has 7 heteroatoms. The number of carbonyl (C=O) groups is 1. The van der Waals surface area contributed by atoms with E-state index in [1.807, 2.05) is 7.05 Å². The lowest BCUT2D eigenvalue weighted by atomic mass is 10.0. The molecule has 1 amide bonds. The fourth-order valence-corrected chi connectivity index (χ4v) is 2.21. The molecule has 1 aliphatic rings. The van der Waals surface area contributed by atoms with Gasteiger partial charge in [0.15, 0.2) is 0 Å². The Kier molecular flexibility index (Phi) is 5.51. The highest BCUT2D eigenvalue weighted by atomic mass is 16.5. The van der Waals surface area contributed by atoms with E-state index < -0.39 is 0 Å².